The molecule has 0 spiro atoms. The van der Waals surface area contributed by atoms with Crippen LogP contribution in [0.1, 0.15) is 44.6 Å². The van der Waals surface area contributed by atoms with E-state index in [2.05, 4.69) is 12.2 Å². The fourth-order valence-electron chi connectivity index (χ4n) is 3.11. The summed E-state index contributed by atoms with van der Waals surface area (Å²) in [5.74, 6) is 0.662. The van der Waals surface area contributed by atoms with Crippen molar-refractivity contribution in [2.24, 2.45) is 5.92 Å². The molecule has 2 heteroatoms. The summed E-state index contributed by atoms with van der Waals surface area (Å²) in [5, 5.41) is 3.56. The van der Waals surface area contributed by atoms with Crippen molar-refractivity contribution in [3.05, 3.63) is 35.6 Å². The molecular weight excluding hydrogens is 225 g/mol. The van der Waals surface area contributed by atoms with Crippen LogP contribution in [0, 0.1) is 11.7 Å². The molecule has 100 valence electrons. The van der Waals surface area contributed by atoms with Crippen LogP contribution in [-0.4, -0.2) is 12.6 Å². The quantitative estimate of drug-likeness (QED) is 0.834. The van der Waals surface area contributed by atoms with Gasteiger partial charge in [0.2, 0.25) is 0 Å². The Morgan fingerprint density at radius 2 is 1.94 bits per heavy atom. The standard InChI is InChI=1S/C16H24FN/c1-2-18-16(13-8-4-3-5-9-13)12-14-10-6-7-11-15(14)17/h6-7,10-11,13,16,18H,2-5,8-9,12H2,1H3. The lowest BCUT2D eigenvalue weighted by Crippen LogP contribution is -2.39. The summed E-state index contributed by atoms with van der Waals surface area (Å²) in [6.45, 7) is 3.10. The minimum absolute atomic E-state index is 0.0591. The van der Waals surface area contributed by atoms with Crippen molar-refractivity contribution in [1.29, 1.82) is 0 Å². The predicted octanol–water partition coefficient (Wildman–Crippen LogP) is 3.93. The normalized spacial score (nSPS) is 18.8. The second-order valence-electron chi connectivity index (χ2n) is 5.36. The highest BCUT2D eigenvalue weighted by Crippen LogP contribution is 2.28. The molecule has 0 saturated heterocycles. The van der Waals surface area contributed by atoms with Crippen molar-refractivity contribution in [3.63, 3.8) is 0 Å². The molecule has 0 aromatic heterocycles. The van der Waals surface area contributed by atoms with Crippen molar-refractivity contribution < 1.29 is 4.39 Å². The van der Waals surface area contributed by atoms with Gasteiger partial charge < -0.3 is 5.32 Å². The molecule has 0 bridgehead atoms. The van der Waals surface area contributed by atoms with Crippen molar-refractivity contribution in [2.45, 2.75) is 51.5 Å². The van der Waals surface area contributed by atoms with Gasteiger partial charge >= 0.3 is 0 Å². The minimum Gasteiger partial charge on any atom is -0.314 e. The van der Waals surface area contributed by atoms with Crippen LogP contribution in [-0.2, 0) is 6.42 Å². The molecular formula is C16H24FN. The van der Waals surface area contributed by atoms with Gasteiger partial charge in [0.15, 0.2) is 0 Å². The molecule has 1 aliphatic rings. The van der Waals surface area contributed by atoms with Gasteiger partial charge in [-0.2, -0.15) is 0 Å². The fraction of sp³-hybridized carbons (Fsp3) is 0.625. The monoisotopic (exact) mass is 249 g/mol. The summed E-state index contributed by atoms with van der Waals surface area (Å²) >= 11 is 0. The average Bonchev–Trinajstić information content (AvgIpc) is 2.42. The Morgan fingerprint density at radius 1 is 1.22 bits per heavy atom. The van der Waals surface area contributed by atoms with Crippen LogP contribution in [0.5, 0.6) is 0 Å². The molecule has 1 fully saturated rings. The molecule has 1 aromatic rings. The molecule has 2 rings (SSSR count). The van der Waals surface area contributed by atoms with Gasteiger partial charge in [0.1, 0.15) is 5.82 Å². The summed E-state index contributed by atoms with van der Waals surface area (Å²) in [6, 6.07) is 7.62. The highest BCUT2D eigenvalue weighted by atomic mass is 19.1. The topological polar surface area (TPSA) is 12.0 Å². The van der Waals surface area contributed by atoms with E-state index in [0.29, 0.717) is 6.04 Å². The lowest BCUT2D eigenvalue weighted by atomic mass is 9.81. The van der Waals surface area contributed by atoms with Crippen LogP contribution in [0.3, 0.4) is 0 Å². The van der Waals surface area contributed by atoms with Crippen LogP contribution < -0.4 is 5.32 Å². The molecule has 1 aliphatic carbocycles. The fourth-order valence-corrected chi connectivity index (χ4v) is 3.11. The summed E-state index contributed by atoms with van der Waals surface area (Å²) in [4.78, 5) is 0. The maximum atomic E-state index is 13.7. The molecule has 0 radical (unpaired) electrons. The molecule has 1 nitrogen and oxygen atoms in total. The second kappa shape index (κ2) is 6.89. The van der Waals surface area contributed by atoms with E-state index in [-0.39, 0.29) is 5.82 Å². The van der Waals surface area contributed by atoms with Crippen molar-refractivity contribution >= 4 is 0 Å². The van der Waals surface area contributed by atoms with E-state index >= 15 is 0 Å². The van der Waals surface area contributed by atoms with Crippen LogP contribution in [0.2, 0.25) is 0 Å². The van der Waals surface area contributed by atoms with Gasteiger partial charge in [-0.15, -0.1) is 0 Å². The smallest absolute Gasteiger partial charge is 0.126 e. The van der Waals surface area contributed by atoms with E-state index in [1.165, 1.54) is 32.1 Å². The number of nitrogens with one attached hydrogen (secondary N) is 1. The molecule has 1 N–H and O–H groups in total. The second-order valence-corrected chi connectivity index (χ2v) is 5.36. The Labute approximate surface area is 110 Å². The molecule has 0 amide bonds. The number of rotatable bonds is 5. The van der Waals surface area contributed by atoms with Crippen molar-refractivity contribution in [2.75, 3.05) is 6.54 Å². The first-order valence-electron chi connectivity index (χ1n) is 7.28. The zero-order chi connectivity index (χ0) is 12.8. The van der Waals surface area contributed by atoms with Gasteiger partial charge in [-0.05, 0) is 43.4 Å². The predicted molar refractivity (Wildman–Crippen MR) is 74.1 cm³/mol. The SMILES string of the molecule is CCNC(Cc1ccccc1F)C1CCCCC1. The Hall–Kier alpha value is -0.890. The highest BCUT2D eigenvalue weighted by molar-refractivity contribution is 5.18. The zero-order valence-corrected chi connectivity index (χ0v) is 11.3. The third-order valence-electron chi connectivity index (χ3n) is 4.08. The number of benzene rings is 1. The van der Waals surface area contributed by atoms with E-state index in [4.69, 9.17) is 0 Å². The molecule has 0 aliphatic heterocycles. The van der Waals surface area contributed by atoms with E-state index in [1.54, 1.807) is 12.1 Å². The maximum absolute atomic E-state index is 13.7. The van der Waals surface area contributed by atoms with Crippen LogP contribution in [0.25, 0.3) is 0 Å². The van der Waals surface area contributed by atoms with E-state index in [1.807, 2.05) is 12.1 Å². The summed E-state index contributed by atoms with van der Waals surface area (Å²) < 4.78 is 13.7. The Balaban J connectivity index is 2.03. The van der Waals surface area contributed by atoms with Gasteiger partial charge in [-0.1, -0.05) is 44.4 Å². The third-order valence-corrected chi connectivity index (χ3v) is 4.08. The van der Waals surface area contributed by atoms with Gasteiger partial charge in [0.05, 0.1) is 0 Å². The van der Waals surface area contributed by atoms with Crippen molar-refractivity contribution in [3.8, 4) is 0 Å². The molecule has 1 atom stereocenters. The number of hydrogen-bond acceptors (Lipinski definition) is 1. The molecule has 1 unspecified atom stereocenters. The average molecular weight is 249 g/mol. The Morgan fingerprint density at radius 3 is 2.61 bits per heavy atom. The van der Waals surface area contributed by atoms with Gasteiger partial charge in [0.25, 0.3) is 0 Å². The minimum atomic E-state index is -0.0591. The molecule has 18 heavy (non-hydrogen) atoms. The summed E-state index contributed by atoms with van der Waals surface area (Å²) in [5.41, 5.74) is 0.856. The van der Waals surface area contributed by atoms with Crippen LogP contribution >= 0.6 is 0 Å². The first kappa shape index (κ1) is 13.5. The lowest BCUT2D eigenvalue weighted by molar-refractivity contribution is 0.268. The van der Waals surface area contributed by atoms with Gasteiger partial charge in [-0.3, -0.25) is 0 Å². The third kappa shape index (κ3) is 3.55. The summed E-state index contributed by atoms with van der Waals surface area (Å²) in [7, 11) is 0. The van der Waals surface area contributed by atoms with Crippen LogP contribution in [0.15, 0.2) is 24.3 Å². The van der Waals surface area contributed by atoms with E-state index in [9.17, 15) is 4.39 Å². The first-order valence-corrected chi connectivity index (χ1v) is 7.28. The lowest BCUT2D eigenvalue weighted by Gasteiger charge is -2.31. The Bertz CT molecular complexity index is 358. The van der Waals surface area contributed by atoms with Crippen molar-refractivity contribution in [1.82, 2.24) is 5.32 Å². The number of likely N-dealkylation sites (N-methyl/N-ethyl adjacent to an activating group) is 1. The number of halogens is 1. The van der Waals surface area contributed by atoms with Gasteiger partial charge in [0, 0.05) is 6.04 Å². The molecule has 1 saturated carbocycles. The number of hydrogen-bond donors (Lipinski definition) is 1. The molecule has 1 aromatic carbocycles. The summed E-state index contributed by atoms with van der Waals surface area (Å²) in [6.07, 6.45) is 7.46. The van der Waals surface area contributed by atoms with E-state index in [0.717, 1.165) is 24.4 Å². The maximum Gasteiger partial charge on any atom is 0.126 e. The Kier molecular flexibility index (Phi) is 5.18. The molecule has 0 heterocycles. The van der Waals surface area contributed by atoms with E-state index < -0.39 is 0 Å². The zero-order valence-electron chi connectivity index (χ0n) is 11.3. The largest absolute Gasteiger partial charge is 0.314 e. The van der Waals surface area contributed by atoms with Crippen LogP contribution in [0.4, 0.5) is 4.39 Å². The first-order chi connectivity index (χ1) is 8.81. The highest BCUT2D eigenvalue weighted by Gasteiger charge is 2.23. The van der Waals surface area contributed by atoms with Gasteiger partial charge in [-0.25, -0.2) is 4.39 Å².